The normalized spacial score (nSPS) is 26.4. The van der Waals surface area contributed by atoms with Gasteiger partial charge in [-0.05, 0) is 30.7 Å². The van der Waals surface area contributed by atoms with E-state index in [9.17, 15) is 26.3 Å². The molecule has 0 aliphatic heterocycles. The largest absolute Gasteiger partial charge is 0.416 e. The van der Waals surface area contributed by atoms with Crippen molar-refractivity contribution in [2.24, 2.45) is 5.92 Å². The van der Waals surface area contributed by atoms with Crippen LogP contribution in [0.3, 0.4) is 0 Å². The Hall–Kier alpha value is -1.11. The highest BCUT2D eigenvalue weighted by Gasteiger charge is 2.44. The van der Waals surface area contributed by atoms with Gasteiger partial charge in [-0.1, -0.05) is 29.9 Å². The molecule has 7 heteroatoms. The first-order valence-electron chi connectivity index (χ1n) is 6.63. The van der Waals surface area contributed by atoms with Gasteiger partial charge < -0.3 is 0 Å². The second kappa shape index (κ2) is 6.18. The van der Waals surface area contributed by atoms with Crippen LogP contribution in [-0.4, -0.2) is 17.6 Å². The van der Waals surface area contributed by atoms with Gasteiger partial charge in [0, 0.05) is 5.25 Å². The lowest BCUT2D eigenvalue weighted by molar-refractivity contribution is -0.162. The Morgan fingerprint density at radius 1 is 1.14 bits per heavy atom. The van der Waals surface area contributed by atoms with Gasteiger partial charge in [0.05, 0.1) is 11.5 Å². The van der Waals surface area contributed by atoms with E-state index in [1.807, 2.05) is 25.2 Å². The Balaban J connectivity index is 2.18. The molecular formula is C15H14F6S. The fourth-order valence-corrected chi connectivity index (χ4v) is 3.44. The molecule has 2 unspecified atom stereocenters. The van der Waals surface area contributed by atoms with Crippen molar-refractivity contribution in [1.29, 1.82) is 0 Å². The number of hydrogen-bond donors (Lipinski definition) is 0. The van der Waals surface area contributed by atoms with Crippen molar-refractivity contribution in [3.05, 3.63) is 46.4 Å². The summed E-state index contributed by atoms with van der Waals surface area (Å²) in [5.74, 6) is -2.08. The fourth-order valence-electron chi connectivity index (χ4n) is 2.23. The Bertz CT molecular complexity index is 547. The number of halogens is 6. The molecule has 22 heavy (non-hydrogen) atoms. The third-order valence-electron chi connectivity index (χ3n) is 3.41. The first-order chi connectivity index (χ1) is 10.1. The molecular weight excluding hydrogens is 326 g/mol. The topological polar surface area (TPSA) is 0 Å². The van der Waals surface area contributed by atoms with Crippen LogP contribution in [0.15, 0.2) is 46.4 Å². The van der Waals surface area contributed by atoms with Crippen molar-refractivity contribution < 1.29 is 26.3 Å². The van der Waals surface area contributed by atoms with Crippen LogP contribution in [0.2, 0.25) is 0 Å². The van der Waals surface area contributed by atoms with E-state index in [1.165, 1.54) is 0 Å². The van der Waals surface area contributed by atoms with Gasteiger partial charge in [-0.25, -0.2) is 0 Å². The predicted molar refractivity (Wildman–Crippen MR) is 75.3 cm³/mol. The van der Waals surface area contributed by atoms with Gasteiger partial charge in [-0.3, -0.25) is 0 Å². The molecule has 0 amide bonds. The van der Waals surface area contributed by atoms with Crippen LogP contribution in [-0.2, 0) is 0 Å². The zero-order valence-corrected chi connectivity index (χ0v) is 12.4. The molecule has 2 aliphatic carbocycles. The molecule has 0 aromatic carbocycles. The van der Waals surface area contributed by atoms with Crippen LogP contribution < -0.4 is 0 Å². The van der Waals surface area contributed by atoms with Gasteiger partial charge in [0.1, 0.15) is 0 Å². The minimum Gasteiger partial charge on any atom is -0.170 e. The highest BCUT2D eigenvalue weighted by molar-refractivity contribution is 8.03. The molecule has 122 valence electrons. The van der Waals surface area contributed by atoms with Crippen molar-refractivity contribution in [1.82, 2.24) is 0 Å². The number of alkyl halides is 6. The van der Waals surface area contributed by atoms with E-state index in [1.54, 1.807) is 0 Å². The van der Waals surface area contributed by atoms with Crippen LogP contribution in [0.5, 0.6) is 0 Å². The maximum absolute atomic E-state index is 12.8. The zero-order valence-electron chi connectivity index (χ0n) is 11.6. The van der Waals surface area contributed by atoms with Crippen molar-refractivity contribution >= 4 is 11.8 Å². The SMILES string of the molecule is CC1=CCC(SC2=CC(C(F)(F)F)=CC(C(F)(F)F)C2)C=C1. The highest BCUT2D eigenvalue weighted by Crippen LogP contribution is 2.44. The number of allylic oxidation sites excluding steroid dienone is 7. The first-order valence-corrected chi connectivity index (χ1v) is 7.51. The van der Waals surface area contributed by atoms with Crippen LogP contribution in [0.25, 0.3) is 0 Å². The van der Waals surface area contributed by atoms with Crippen molar-refractivity contribution in [3.8, 4) is 0 Å². The molecule has 0 radical (unpaired) electrons. The maximum atomic E-state index is 12.8. The molecule has 2 aliphatic rings. The van der Waals surface area contributed by atoms with Crippen molar-refractivity contribution in [2.45, 2.75) is 37.4 Å². The molecule has 0 N–H and O–H groups in total. The molecule has 0 aromatic rings. The summed E-state index contributed by atoms with van der Waals surface area (Å²) in [5, 5.41) is -0.128. The first kappa shape index (κ1) is 17.2. The lowest BCUT2D eigenvalue weighted by Crippen LogP contribution is -2.26. The minimum absolute atomic E-state index is 0.125. The van der Waals surface area contributed by atoms with E-state index >= 15 is 0 Å². The highest BCUT2D eigenvalue weighted by atomic mass is 32.2. The van der Waals surface area contributed by atoms with Gasteiger partial charge in [-0.2, -0.15) is 26.3 Å². The summed E-state index contributed by atoms with van der Waals surface area (Å²) >= 11 is 1.07. The van der Waals surface area contributed by atoms with Gasteiger partial charge in [0.25, 0.3) is 0 Å². The molecule has 0 fully saturated rings. The van der Waals surface area contributed by atoms with Crippen LogP contribution in [0, 0.1) is 5.92 Å². The summed E-state index contributed by atoms with van der Waals surface area (Å²) < 4.78 is 76.9. The molecule has 0 saturated heterocycles. The third kappa shape index (κ3) is 4.44. The predicted octanol–water partition coefficient (Wildman–Crippen LogP) is 5.95. The van der Waals surface area contributed by atoms with Crippen LogP contribution >= 0.6 is 11.8 Å². The van der Waals surface area contributed by atoms with Gasteiger partial charge in [-0.15, -0.1) is 11.8 Å². The Morgan fingerprint density at radius 3 is 2.32 bits per heavy atom. The average Bonchev–Trinajstić information content (AvgIpc) is 2.39. The summed E-state index contributed by atoms with van der Waals surface area (Å²) in [6.45, 7) is 1.89. The third-order valence-corrected chi connectivity index (χ3v) is 4.65. The number of rotatable bonds is 2. The Kier molecular flexibility index (Phi) is 4.84. The number of hydrogen-bond acceptors (Lipinski definition) is 1. The van der Waals surface area contributed by atoms with Gasteiger partial charge >= 0.3 is 12.4 Å². The average molecular weight is 340 g/mol. The molecule has 2 atom stereocenters. The van der Waals surface area contributed by atoms with E-state index in [-0.39, 0.29) is 16.2 Å². The molecule has 0 nitrogen and oxygen atoms in total. The number of thioether (sulfide) groups is 1. The summed E-state index contributed by atoms with van der Waals surface area (Å²) in [5.41, 5.74) is -0.173. The summed E-state index contributed by atoms with van der Waals surface area (Å²) in [6, 6.07) is 0. The van der Waals surface area contributed by atoms with Gasteiger partial charge in [0.2, 0.25) is 0 Å². The Morgan fingerprint density at radius 2 is 1.82 bits per heavy atom. The van der Waals surface area contributed by atoms with E-state index in [4.69, 9.17) is 0 Å². The monoisotopic (exact) mass is 340 g/mol. The molecule has 0 aromatic heterocycles. The zero-order chi connectivity index (χ0) is 16.5. The quantitative estimate of drug-likeness (QED) is 0.560. The van der Waals surface area contributed by atoms with E-state index in [0.717, 1.165) is 23.4 Å². The second-order valence-electron chi connectivity index (χ2n) is 5.28. The van der Waals surface area contributed by atoms with E-state index in [2.05, 4.69) is 0 Å². The molecule has 2 rings (SSSR count). The van der Waals surface area contributed by atoms with Crippen molar-refractivity contribution in [2.75, 3.05) is 0 Å². The second-order valence-corrected chi connectivity index (χ2v) is 6.65. The summed E-state index contributed by atoms with van der Waals surface area (Å²) in [6.07, 6.45) is -2.59. The molecule has 0 saturated carbocycles. The standard InChI is InChI=1S/C15H14F6S/c1-9-2-4-12(5-3-9)22-13-7-10(14(16,17)18)6-11(8-13)15(19,20)21/h2-4,6-7,11-12H,5,8H2,1H3. The lowest BCUT2D eigenvalue weighted by Gasteiger charge is -2.26. The lowest BCUT2D eigenvalue weighted by atomic mass is 9.95. The summed E-state index contributed by atoms with van der Waals surface area (Å²) in [4.78, 5) is 0.125. The van der Waals surface area contributed by atoms with Gasteiger partial charge in [0.15, 0.2) is 0 Å². The fraction of sp³-hybridized carbons (Fsp3) is 0.467. The van der Waals surface area contributed by atoms with E-state index in [0.29, 0.717) is 6.42 Å². The summed E-state index contributed by atoms with van der Waals surface area (Å²) in [7, 11) is 0. The molecule has 0 bridgehead atoms. The smallest absolute Gasteiger partial charge is 0.170 e. The van der Waals surface area contributed by atoms with Crippen LogP contribution in [0.1, 0.15) is 19.8 Å². The van der Waals surface area contributed by atoms with E-state index < -0.39 is 30.3 Å². The molecule has 0 spiro atoms. The maximum Gasteiger partial charge on any atom is 0.416 e. The molecule has 0 heterocycles. The Labute approximate surface area is 128 Å². The van der Waals surface area contributed by atoms with Crippen molar-refractivity contribution in [3.63, 3.8) is 0 Å². The van der Waals surface area contributed by atoms with Crippen LogP contribution in [0.4, 0.5) is 26.3 Å². The minimum atomic E-state index is -4.77.